The predicted molar refractivity (Wildman–Crippen MR) is 145 cm³/mol. The van der Waals surface area contributed by atoms with Crippen LogP contribution in [-0.2, 0) is 29.2 Å². The van der Waals surface area contributed by atoms with Crippen molar-refractivity contribution >= 4 is 11.5 Å². The Morgan fingerprint density at radius 1 is 0.892 bits per heavy atom. The summed E-state index contributed by atoms with van der Waals surface area (Å²) in [5.41, 5.74) is 6.47. The second kappa shape index (κ2) is 12.6. The molecule has 1 heterocycles. The van der Waals surface area contributed by atoms with E-state index in [4.69, 9.17) is 18.9 Å². The normalized spacial score (nSPS) is 12.4. The third-order valence-electron chi connectivity index (χ3n) is 6.40. The third-order valence-corrected chi connectivity index (χ3v) is 6.40. The van der Waals surface area contributed by atoms with Crippen LogP contribution in [0.2, 0.25) is 0 Å². The molecule has 6 heteroatoms. The van der Waals surface area contributed by atoms with Gasteiger partial charge in [0, 0.05) is 30.3 Å². The van der Waals surface area contributed by atoms with Crippen LogP contribution in [0.15, 0.2) is 67.2 Å². The Bertz CT molecular complexity index is 1240. The number of hydrogen-bond donors (Lipinski definition) is 0. The van der Waals surface area contributed by atoms with Crippen molar-refractivity contribution in [2.24, 2.45) is 0 Å². The van der Waals surface area contributed by atoms with Crippen LogP contribution in [0.4, 0.5) is 0 Å². The molecule has 0 saturated carbocycles. The van der Waals surface area contributed by atoms with E-state index in [-0.39, 0.29) is 5.91 Å². The molecule has 0 atom stereocenters. The Kier molecular flexibility index (Phi) is 8.99. The molecule has 3 aromatic carbocycles. The van der Waals surface area contributed by atoms with Crippen molar-refractivity contribution in [1.29, 1.82) is 0 Å². The second-order valence-electron chi connectivity index (χ2n) is 9.23. The van der Waals surface area contributed by atoms with Gasteiger partial charge in [0.05, 0.1) is 26.4 Å². The average molecular weight is 502 g/mol. The van der Waals surface area contributed by atoms with E-state index in [0.29, 0.717) is 51.7 Å². The molecular formula is C31H35NO5. The van der Waals surface area contributed by atoms with Gasteiger partial charge in [-0.05, 0) is 54.3 Å². The van der Waals surface area contributed by atoms with Gasteiger partial charge in [-0.15, -0.1) is 0 Å². The molecule has 1 amide bonds. The van der Waals surface area contributed by atoms with Crippen molar-refractivity contribution in [3.05, 3.63) is 101 Å². The average Bonchev–Trinajstić information content (AvgIpc) is 3.35. The van der Waals surface area contributed by atoms with E-state index in [1.54, 1.807) is 7.11 Å². The number of methoxy groups -OCH3 is 1. The summed E-state index contributed by atoms with van der Waals surface area (Å²) in [5, 5.41) is 0. The molecule has 1 aliphatic heterocycles. The highest BCUT2D eigenvalue weighted by Gasteiger charge is 2.28. The molecule has 0 unspecified atom stereocenters. The van der Waals surface area contributed by atoms with E-state index >= 15 is 0 Å². The van der Waals surface area contributed by atoms with Crippen LogP contribution in [0.25, 0.3) is 5.57 Å². The van der Waals surface area contributed by atoms with Crippen LogP contribution in [0, 0.1) is 6.92 Å². The van der Waals surface area contributed by atoms with Crippen LogP contribution >= 0.6 is 0 Å². The van der Waals surface area contributed by atoms with Gasteiger partial charge in [0.1, 0.15) is 24.7 Å². The molecule has 0 spiro atoms. The van der Waals surface area contributed by atoms with Gasteiger partial charge in [0.15, 0.2) is 0 Å². The summed E-state index contributed by atoms with van der Waals surface area (Å²) >= 11 is 0. The SMILES string of the molecule is C=C(C)c1cc(C(=O)N2Cc3cccc(OCCOCCOC)c3C2)c(C)cc1OCc1ccccc1. The summed E-state index contributed by atoms with van der Waals surface area (Å²) in [6, 6.07) is 19.9. The molecule has 4 rings (SSSR count). The smallest absolute Gasteiger partial charge is 0.254 e. The molecule has 6 nitrogen and oxygen atoms in total. The number of rotatable bonds is 12. The first-order valence-corrected chi connectivity index (χ1v) is 12.5. The minimum atomic E-state index is -0.0142. The van der Waals surface area contributed by atoms with Crippen LogP contribution in [-0.4, -0.2) is 44.3 Å². The summed E-state index contributed by atoms with van der Waals surface area (Å²) in [7, 11) is 1.65. The minimum Gasteiger partial charge on any atom is -0.491 e. The maximum atomic E-state index is 13.7. The van der Waals surface area contributed by atoms with Crippen molar-refractivity contribution in [2.75, 3.05) is 33.5 Å². The Hall–Kier alpha value is -3.61. The third kappa shape index (κ3) is 6.59. The first-order valence-electron chi connectivity index (χ1n) is 12.5. The Labute approximate surface area is 219 Å². The van der Waals surface area contributed by atoms with E-state index in [2.05, 4.69) is 12.6 Å². The van der Waals surface area contributed by atoms with E-state index in [1.807, 2.05) is 73.3 Å². The molecule has 1 aliphatic rings. The van der Waals surface area contributed by atoms with Gasteiger partial charge in [-0.3, -0.25) is 4.79 Å². The second-order valence-corrected chi connectivity index (χ2v) is 9.23. The topological polar surface area (TPSA) is 57.2 Å². The number of amides is 1. The lowest BCUT2D eigenvalue weighted by molar-refractivity contribution is 0.0541. The lowest BCUT2D eigenvalue weighted by atomic mass is 9.99. The van der Waals surface area contributed by atoms with Gasteiger partial charge in [-0.2, -0.15) is 0 Å². The number of carbonyl (C=O) groups is 1. The standard InChI is InChI=1S/C31H35NO5/c1-22(2)26-18-27(23(3)17-30(26)37-21-24-9-6-5-7-10-24)31(33)32-19-25-11-8-12-29(28(25)20-32)36-16-15-35-14-13-34-4/h5-12,17-18H,1,13-16,19-21H2,2-4H3. The summed E-state index contributed by atoms with van der Waals surface area (Å²) < 4.78 is 22.6. The lowest BCUT2D eigenvalue weighted by Crippen LogP contribution is -2.26. The Morgan fingerprint density at radius 2 is 1.68 bits per heavy atom. The van der Waals surface area contributed by atoms with Crippen molar-refractivity contribution in [1.82, 2.24) is 4.90 Å². The Morgan fingerprint density at radius 3 is 2.43 bits per heavy atom. The highest BCUT2D eigenvalue weighted by Crippen LogP contribution is 2.34. The fourth-order valence-corrected chi connectivity index (χ4v) is 4.40. The quantitative estimate of drug-likeness (QED) is 0.293. The van der Waals surface area contributed by atoms with Crippen LogP contribution in [0.1, 0.15) is 45.1 Å². The summed E-state index contributed by atoms with van der Waals surface area (Å²) in [6.45, 7) is 11.5. The number of carbonyl (C=O) groups excluding carboxylic acids is 1. The zero-order valence-corrected chi connectivity index (χ0v) is 21.9. The number of ether oxygens (including phenoxy) is 4. The summed E-state index contributed by atoms with van der Waals surface area (Å²) in [6.07, 6.45) is 0. The van der Waals surface area contributed by atoms with Crippen molar-refractivity contribution in [2.45, 2.75) is 33.5 Å². The largest absolute Gasteiger partial charge is 0.491 e. The number of benzene rings is 3. The van der Waals surface area contributed by atoms with Crippen molar-refractivity contribution in [3.63, 3.8) is 0 Å². The molecule has 0 aromatic heterocycles. The monoisotopic (exact) mass is 501 g/mol. The van der Waals surface area contributed by atoms with Gasteiger partial charge in [-0.1, -0.05) is 49.0 Å². The zero-order valence-electron chi connectivity index (χ0n) is 21.9. The molecule has 3 aromatic rings. The fraction of sp³-hybridized carbons (Fsp3) is 0.323. The molecule has 0 saturated heterocycles. The first kappa shape index (κ1) is 26.5. The number of allylic oxidation sites excluding steroid dienone is 1. The molecule has 0 fully saturated rings. The summed E-state index contributed by atoms with van der Waals surface area (Å²) in [5.74, 6) is 1.52. The van der Waals surface area contributed by atoms with Crippen molar-refractivity contribution in [3.8, 4) is 11.5 Å². The van der Waals surface area contributed by atoms with E-state index in [1.165, 1.54) is 0 Å². The van der Waals surface area contributed by atoms with E-state index in [0.717, 1.165) is 44.9 Å². The number of aryl methyl sites for hydroxylation is 1. The Balaban J connectivity index is 1.46. The molecule has 0 bridgehead atoms. The van der Waals surface area contributed by atoms with Crippen LogP contribution in [0.5, 0.6) is 11.5 Å². The van der Waals surface area contributed by atoms with Crippen LogP contribution in [0.3, 0.4) is 0 Å². The van der Waals surface area contributed by atoms with Gasteiger partial charge in [-0.25, -0.2) is 0 Å². The minimum absolute atomic E-state index is 0.0142. The van der Waals surface area contributed by atoms with Gasteiger partial charge in [0.2, 0.25) is 0 Å². The molecular weight excluding hydrogens is 466 g/mol. The first-order chi connectivity index (χ1) is 18.0. The maximum Gasteiger partial charge on any atom is 0.254 e. The number of nitrogens with zero attached hydrogens (tertiary/aromatic N) is 1. The van der Waals surface area contributed by atoms with Crippen LogP contribution < -0.4 is 9.47 Å². The summed E-state index contributed by atoms with van der Waals surface area (Å²) in [4.78, 5) is 15.5. The lowest BCUT2D eigenvalue weighted by Gasteiger charge is -2.20. The highest BCUT2D eigenvalue weighted by atomic mass is 16.5. The molecule has 37 heavy (non-hydrogen) atoms. The van der Waals surface area contributed by atoms with Gasteiger partial charge >= 0.3 is 0 Å². The van der Waals surface area contributed by atoms with Gasteiger partial charge in [0.25, 0.3) is 5.91 Å². The maximum absolute atomic E-state index is 13.7. The molecule has 0 N–H and O–H groups in total. The van der Waals surface area contributed by atoms with E-state index < -0.39 is 0 Å². The van der Waals surface area contributed by atoms with Gasteiger partial charge < -0.3 is 23.8 Å². The van der Waals surface area contributed by atoms with E-state index in [9.17, 15) is 4.79 Å². The molecule has 0 radical (unpaired) electrons. The fourth-order valence-electron chi connectivity index (χ4n) is 4.40. The number of hydrogen-bond acceptors (Lipinski definition) is 5. The molecule has 0 aliphatic carbocycles. The van der Waals surface area contributed by atoms with Crippen molar-refractivity contribution < 1.29 is 23.7 Å². The molecule has 194 valence electrons. The number of fused-ring (bicyclic) bond motifs is 1. The predicted octanol–water partition coefficient (Wildman–Crippen LogP) is 5.80. The zero-order chi connectivity index (χ0) is 26.2. The highest BCUT2D eigenvalue weighted by molar-refractivity contribution is 5.97.